The molecule has 1 aliphatic carbocycles. The Kier molecular flexibility index (Phi) is 7.80. The molecule has 0 saturated heterocycles. The number of hydrogen-bond acceptors (Lipinski definition) is 0. The zero-order chi connectivity index (χ0) is 20.7. The highest BCUT2D eigenvalue weighted by Gasteiger charge is 2.30. The van der Waals surface area contributed by atoms with Crippen LogP contribution in [0, 0.1) is 5.92 Å². The predicted octanol–water partition coefficient (Wildman–Crippen LogP) is 8.34. The third-order valence-corrected chi connectivity index (χ3v) is 6.47. The molecule has 0 unspecified atom stereocenters. The van der Waals surface area contributed by atoms with E-state index in [4.69, 9.17) is 0 Å². The lowest BCUT2D eigenvalue weighted by atomic mass is 9.77. The lowest BCUT2D eigenvalue weighted by Crippen LogP contribution is -2.13. The molecule has 0 aliphatic heterocycles. The summed E-state index contributed by atoms with van der Waals surface area (Å²) in [7, 11) is 0. The van der Waals surface area contributed by atoms with Gasteiger partial charge in [-0.25, -0.2) is 0 Å². The molecule has 0 nitrogen and oxygen atoms in total. The van der Waals surface area contributed by atoms with E-state index in [0.29, 0.717) is 12.3 Å². The fourth-order valence-electron chi connectivity index (χ4n) is 4.62. The van der Waals surface area contributed by atoms with Crippen molar-refractivity contribution >= 4 is 0 Å². The molecule has 0 N–H and O–H groups in total. The van der Waals surface area contributed by atoms with Gasteiger partial charge in [-0.2, -0.15) is 13.2 Å². The van der Waals surface area contributed by atoms with Crippen LogP contribution in [0.5, 0.6) is 0 Å². The average molecular weight is 403 g/mol. The molecule has 1 aliphatic rings. The summed E-state index contributed by atoms with van der Waals surface area (Å²) in [5, 5.41) is 0. The SMILES string of the molecule is CCCCCC1CCC(c2ccc(CCc3cccc(C(F)(F)F)c3)cc2)CC1. The van der Waals surface area contributed by atoms with Crippen molar-refractivity contribution in [1.29, 1.82) is 0 Å². The van der Waals surface area contributed by atoms with E-state index in [1.807, 2.05) is 0 Å². The Bertz CT molecular complexity index is 737. The maximum Gasteiger partial charge on any atom is 0.416 e. The van der Waals surface area contributed by atoms with Crippen LogP contribution in [0.2, 0.25) is 0 Å². The van der Waals surface area contributed by atoms with E-state index in [-0.39, 0.29) is 0 Å². The molecule has 2 aromatic rings. The van der Waals surface area contributed by atoms with E-state index in [0.717, 1.165) is 24.0 Å². The Labute approximate surface area is 173 Å². The van der Waals surface area contributed by atoms with Gasteiger partial charge in [0.25, 0.3) is 0 Å². The summed E-state index contributed by atoms with van der Waals surface area (Å²) >= 11 is 0. The largest absolute Gasteiger partial charge is 0.416 e. The molecule has 1 saturated carbocycles. The van der Waals surface area contributed by atoms with E-state index in [9.17, 15) is 13.2 Å². The van der Waals surface area contributed by atoms with Crippen LogP contribution < -0.4 is 0 Å². The van der Waals surface area contributed by atoms with E-state index in [1.54, 1.807) is 6.07 Å². The smallest absolute Gasteiger partial charge is 0.166 e. The van der Waals surface area contributed by atoms with Crippen molar-refractivity contribution in [3.63, 3.8) is 0 Å². The minimum absolute atomic E-state index is 0.560. The molecular formula is C26H33F3. The van der Waals surface area contributed by atoms with Gasteiger partial charge >= 0.3 is 6.18 Å². The highest BCUT2D eigenvalue weighted by molar-refractivity contribution is 5.29. The fraction of sp³-hybridized carbons (Fsp3) is 0.538. The molecule has 3 heteroatoms. The van der Waals surface area contributed by atoms with Crippen LogP contribution in [0.1, 0.15) is 86.5 Å². The first-order chi connectivity index (χ1) is 14.0. The van der Waals surface area contributed by atoms with Crippen molar-refractivity contribution in [3.8, 4) is 0 Å². The molecule has 0 bridgehead atoms. The van der Waals surface area contributed by atoms with Gasteiger partial charge in [-0.15, -0.1) is 0 Å². The van der Waals surface area contributed by atoms with Crippen LogP contribution >= 0.6 is 0 Å². The molecule has 0 atom stereocenters. The highest BCUT2D eigenvalue weighted by atomic mass is 19.4. The van der Waals surface area contributed by atoms with Gasteiger partial charge < -0.3 is 0 Å². The van der Waals surface area contributed by atoms with Crippen LogP contribution in [0.15, 0.2) is 48.5 Å². The minimum atomic E-state index is -4.27. The van der Waals surface area contributed by atoms with Gasteiger partial charge in [0.2, 0.25) is 0 Å². The lowest BCUT2D eigenvalue weighted by molar-refractivity contribution is -0.137. The molecule has 3 rings (SSSR count). The summed E-state index contributed by atoms with van der Waals surface area (Å²) in [6, 6.07) is 14.5. The lowest BCUT2D eigenvalue weighted by Gasteiger charge is -2.29. The Morgan fingerprint density at radius 3 is 2.17 bits per heavy atom. The van der Waals surface area contributed by atoms with Crippen molar-refractivity contribution in [2.75, 3.05) is 0 Å². The van der Waals surface area contributed by atoms with E-state index >= 15 is 0 Å². The van der Waals surface area contributed by atoms with Crippen LogP contribution in [-0.2, 0) is 19.0 Å². The van der Waals surface area contributed by atoms with Crippen molar-refractivity contribution in [3.05, 3.63) is 70.8 Å². The highest BCUT2D eigenvalue weighted by Crippen LogP contribution is 2.38. The first kappa shape index (κ1) is 21.9. The summed E-state index contributed by atoms with van der Waals surface area (Å²) < 4.78 is 38.6. The minimum Gasteiger partial charge on any atom is -0.166 e. The standard InChI is InChI=1S/C26H33F3/c1-2-3-4-6-20-11-15-23(16-12-20)24-17-13-21(14-18-24)9-10-22-7-5-8-25(19-22)26(27,28)29/h5,7-8,13-14,17-20,23H,2-4,6,9-12,15-16H2,1H3. The van der Waals surface area contributed by atoms with Crippen LogP contribution in [0.3, 0.4) is 0 Å². The zero-order valence-electron chi connectivity index (χ0n) is 17.5. The molecule has 29 heavy (non-hydrogen) atoms. The van der Waals surface area contributed by atoms with Gasteiger partial charge in [0, 0.05) is 0 Å². The number of aryl methyl sites for hydroxylation is 2. The van der Waals surface area contributed by atoms with Gasteiger partial charge in [-0.3, -0.25) is 0 Å². The van der Waals surface area contributed by atoms with Gasteiger partial charge in [-0.05, 0) is 73.1 Å². The Balaban J connectivity index is 1.48. The predicted molar refractivity (Wildman–Crippen MR) is 114 cm³/mol. The van der Waals surface area contributed by atoms with Crippen molar-refractivity contribution < 1.29 is 13.2 Å². The maximum atomic E-state index is 12.9. The summed E-state index contributed by atoms with van der Waals surface area (Å²) in [6.07, 6.45) is 7.86. The molecule has 0 heterocycles. The Morgan fingerprint density at radius 2 is 1.52 bits per heavy atom. The third-order valence-electron chi connectivity index (χ3n) is 6.47. The third kappa shape index (κ3) is 6.62. The second-order valence-electron chi connectivity index (χ2n) is 8.65. The molecule has 2 aromatic carbocycles. The summed E-state index contributed by atoms with van der Waals surface area (Å²) in [5.41, 5.74) is 2.81. The number of halogens is 3. The number of hydrogen-bond donors (Lipinski definition) is 0. The number of unbranched alkanes of at least 4 members (excludes halogenated alkanes) is 2. The van der Waals surface area contributed by atoms with Gasteiger partial charge in [-0.1, -0.05) is 75.1 Å². The molecule has 1 fully saturated rings. The average Bonchev–Trinajstić information content (AvgIpc) is 2.73. The van der Waals surface area contributed by atoms with Crippen LogP contribution in [-0.4, -0.2) is 0 Å². The van der Waals surface area contributed by atoms with Crippen molar-refractivity contribution in [2.45, 2.75) is 83.2 Å². The van der Waals surface area contributed by atoms with Crippen molar-refractivity contribution in [2.24, 2.45) is 5.92 Å². The Hall–Kier alpha value is -1.77. The zero-order valence-corrected chi connectivity index (χ0v) is 17.5. The summed E-state index contributed by atoms with van der Waals surface area (Å²) in [5.74, 6) is 1.60. The summed E-state index contributed by atoms with van der Waals surface area (Å²) in [4.78, 5) is 0. The second-order valence-corrected chi connectivity index (χ2v) is 8.65. The van der Waals surface area contributed by atoms with Crippen LogP contribution in [0.25, 0.3) is 0 Å². The van der Waals surface area contributed by atoms with Crippen molar-refractivity contribution in [1.82, 2.24) is 0 Å². The topological polar surface area (TPSA) is 0 Å². The van der Waals surface area contributed by atoms with Gasteiger partial charge in [0.1, 0.15) is 0 Å². The number of benzene rings is 2. The molecule has 0 spiro atoms. The quantitative estimate of drug-likeness (QED) is 0.389. The second kappa shape index (κ2) is 10.3. The molecular weight excluding hydrogens is 369 g/mol. The first-order valence-corrected chi connectivity index (χ1v) is 11.2. The molecule has 0 amide bonds. The maximum absolute atomic E-state index is 12.9. The van der Waals surface area contributed by atoms with Crippen LogP contribution in [0.4, 0.5) is 13.2 Å². The number of rotatable bonds is 8. The fourth-order valence-corrected chi connectivity index (χ4v) is 4.62. The number of alkyl halides is 3. The molecule has 0 radical (unpaired) electrons. The monoisotopic (exact) mass is 402 g/mol. The van der Waals surface area contributed by atoms with E-state index in [1.165, 1.54) is 74.6 Å². The van der Waals surface area contributed by atoms with Gasteiger partial charge in [0.05, 0.1) is 5.56 Å². The molecule has 0 aromatic heterocycles. The van der Waals surface area contributed by atoms with E-state index < -0.39 is 11.7 Å². The summed E-state index contributed by atoms with van der Waals surface area (Å²) in [6.45, 7) is 2.26. The Morgan fingerprint density at radius 1 is 0.828 bits per heavy atom. The normalized spacial score (nSPS) is 20.0. The van der Waals surface area contributed by atoms with Gasteiger partial charge in [0.15, 0.2) is 0 Å². The first-order valence-electron chi connectivity index (χ1n) is 11.2. The van der Waals surface area contributed by atoms with E-state index in [2.05, 4.69) is 31.2 Å². The molecule has 158 valence electrons.